The Morgan fingerprint density at radius 1 is 1.25 bits per heavy atom. The molecule has 2 aromatic rings. The Morgan fingerprint density at radius 3 is 2.46 bits per heavy atom. The molecule has 5 nitrogen and oxygen atoms in total. The summed E-state index contributed by atoms with van der Waals surface area (Å²) >= 11 is 0. The van der Waals surface area contributed by atoms with Gasteiger partial charge in [0.25, 0.3) is 0 Å². The average molecular weight is 325 g/mol. The first-order valence-corrected chi connectivity index (χ1v) is 7.81. The molecular formula is C19H27N5. The fourth-order valence-electron chi connectivity index (χ4n) is 1.84. The quantitative estimate of drug-likeness (QED) is 0.150. The monoisotopic (exact) mass is 325 g/mol. The van der Waals surface area contributed by atoms with Crippen molar-refractivity contribution >= 4 is 16.7 Å². The smallest absolute Gasteiger partial charge is 0.176 e. The van der Waals surface area contributed by atoms with Crippen molar-refractivity contribution in [1.29, 1.82) is 5.41 Å². The van der Waals surface area contributed by atoms with Crippen LogP contribution < -0.4 is 5.84 Å². The number of aromatic nitrogens is 1. The molecule has 0 aliphatic rings. The summed E-state index contributed by atoms with van der Waals surface area (Å²) in [5, 5.41) is 15.4. The van der Waals surface area contributed by atoms with Crippen LogP contribution in [0.1, 0.15) is 26.3 Å². The molecule has 1 aromatic carbocycles. The normalized spacial score (nSPS) is 9.96. The van der Waals surface area contributed by atoms with Gasteiger partial charge in [-0.15, -0.1) is 5.11 Å². The molecule has 0 aliphatic heterocycles. The molecule has 5 heteroatoms. The van der Waals surface area contributed by atoms with E-state index in [4.69, 9.17) is 11.3 Å². The molecule has 3 N–H and O–H groups in total. The molecule has 0 fully saturated rings. The largest absolute Gasteiger partial charge is 0.344 e. The SMILES string of the molecule is C/C=C/Cn1ccc2cc(C(=N)N=NN)ccc21.C=CC=C.CC. The summed E-state index contributed by atoms with van der Waals surface area (Å²) in [5.74, 6) is 5.01. The summed E-state index contributed by atoms with van der Waals surface area (Å²) in [6.45, 7) is 13.6. The van der Waals surface area contributed by atoms with E-state index < -0.39 is 0 Å². The minimum absolute atomic E-state index is 0.0700. The lowest BCUT2D eigenvalue weighted by atomic mass is 10.1. The van der Waals surface area contributed by atoms with Crippen molar-refractivity contribution in [2.24, 2.45) is 16.2 Å². The maximum absolute atomic E-state index is 7.66. The Balaban J connectivity index is 0.000000773. The molecule has 24 heavy (non-hydrogen) atoms. The van der Waals surface area contributed by atoms with Crippen LogP contribution in [0.15, 0.2) is 78.3 Å². The van der Waals surface area contributed by atoms with Gasteiger partial charge in [-0.3, -0.25) is 5.41 Å². The number of rotatable bonds is 4. The number of amidine groups is 1. The fraction of sp³-hybridized carbons (Fsp3) is 0.211. The van der Waals surface area contributed by atoms with Crippen molar-refractivity contribution in [3.63, 3.8) is 0 Å². The lowest BCUT2D eigenvalue weighted by Gasteiger charge is -2.02. The molecule has 0 aliphatic carbocycles. The Kier molecular flexibility index (Phi) is 11.0. The van der Waals surface area contributed by atoms with Gasteiger partial charge in [0.1, 0.15) is 0 Å². The van der Waals surface area contributed by atoms with E-state index in [-0.39, 0.29) is 5.84 Å². The van der Waals surface area contributed by atoms with Gasteiger partial charge in [-0.2, -0.15) is 0 Å². The third-order valence-electron chi connectivity index (χ3n) is 2.91. The van der Waals surface area contributed by atoms with Gasteiger partial charge in [-0.1, -0.05) is 56.5 Å². The highest BCUT2D eigenvalue weighted by Crippen LogP contribution is 2.18. The zero-order chi connectivity index (χ0) is 18.4. The van der Waals surface area contributed by atoms with Crippen molar-refractivity contribution in [3.05, 3.63) is 73.5 Å². The van der Waals surface area contributed by atoms with Crippen LogP contribution in [0.3, 0.4) is 0 Å². The minimum Gasteiger partial charge on any atom is -0.344 e. The van der Waals surface area contributed by atoms with E-state index in [2.05, 4.69) is 34.1 Å². The fourth-order valence-corrected chi connectivity index (χ4v) is 1.84. The molecular weight excluding hydrogens is 298 g/mol. The molecule has 0 saturated carbocycles. The number of hydrogen-bond acceptors (Lipinski definition) is 2. The number of nitrogens with two attached hydrogens (primary N) is 1. The lowest BCUT2D eigenvalue weighted by Crippen LogP contribution is -1.96. The first-order chi connectivity index (χ1) is 11.7. The molecule has 2 rings (SSSR count). The van der Waals surface area contributed by atoms with E-state index in [1.165, 1.54) is 0 Å². The highest BCUT2D eigenvalue weighted by molar-refractivity contribution is 6.00. The van der Waals surface area contributed by atoms with E-state index in [0.717, 1.165) is 17.4 Å². The predicted molar refractivity (Wildman–Crippen MR) is 104 cm³/mol. The molecule has 0 bridgehead atoms. The molecule has 0 saturated heterocycles. The molecule has 0 atom stereocenters. The highest BCUT2D eigenvalue weighted by atomic mass is 15.3. The predicted octanol–water partition coefficient (Wildman–Crippen LogP) is 5.25. The van der Waals surface area contributed by atoms with Crippen LogP contribution in [0.25, 0.3) is 10.9 Å². The third kappa shape index (κ3) is 6.44. The van der Waals surface area contributed by atoms with Crippen LogP contribution >= 0.6 is 0 Å². The van der Waals surface area contributed by atoms with Crippen molar-refractivity contribution in [3.8, 4) is 0 Å². The van der Waals surface area contributed by atoms with Crippen molar-refractivity contribution in [1.82, 2.24) is 4.57 Å². The van der Waals surface area contributed by atoms with Crippen LogP contribution in [0.2, 0.25) is 0 Å². The third-order valence-corrected chi connectivity index (χ3v) is 2.91. The highest BCUT2D eigenvalue weighted by Gasteiger charge is 2.04. The summed E-state index contributed by atoms with van der Waals surface area (Å²) < 4.78 is 2.15. The second kappa shape index (κ2) is 12.6. The number of hydrogen-bond donors (Lipinski definition) is 2. The van der Waals surface area contributed by atoms with Gasteiger partial charge in [-0.25, -0.2) is 0 Å². The van der Waals surface area contributed by atoms with Gasteiger partial charge in [0.15, 0.2) is 5.84 Å². The Bertz CT molecular complexity index is 702. The van der Waals surface area contributed by atoms with E-state index in [0.29, 0.717) is 5.56 Å². The van der Waals surface area contributed by atoms with Crippen LogP contribution in [-0.2, 0) is 6.54 Å². The van der Waals surface area contributed by atoms with Gasteiger partial charge in [0, 0.05) is 29.2 Å². The molecule has 0 radical (unpaired) electrons. The van der Waals surface area contributed by atoms with Gasteiger partial charge in [0.05, 0.1) is 0 Å². The van der Waals surface area contributed by atoms with E-state index in [1.807, 2.05) is 57.3 Å². The van der Waals surface area contributed by atoms with E-state index in [9.17, 15) is 0 Å². The standard InChI is InChI=1S/C13H15N5.C4H6.C2H6/c1-2-3-7-18-8-6-10-9-11(4-5-12(10)18)13(14)16-17-15;1-3-4-2;1-2/h2-6,8-9H,7H2,1H3,(H3,14,15,16);3-4H,1-2H2;1-2H3/b3-2+;;. The van der Waals surface area contributed by atoms with Crippen LogP contribution in [-0.4, -0.2) is 10.4 Å². The topological polar surface area (TPSA) is 79.5 Å². The molecule has 0 spiro atoms. The summed E-state index contributed by atoms with van der Waals surface area (Å²) in [5.41, 5.74) is 1.84. The van der Waals surface area contributed by atoms with Gasteiger partial charge < -0.3 is 10.4 Å². The van der Waals surface area contributed by atoms with Crippen molar-refractivity contribution < 1.29 is 0 Å². The molecule has 1 heterocycles. The molecule has 1 aromatic heterocycles. The zero-order valence-corrected chi connectivity index (χ0v) is 14.7. The van der Waals surface area contributed by atoms with Gasteiger partial charge >= 0.3 is 0 Å². The van der Waals surface area contributed by atoms with E-state index >= 15 is 0 Å². The van der Waals surface area contributed by atoms with Crippen LogP contribution in [0, 0.1) is 5.41 Å². The first-order valence-electron chi connectivity index (χ1n) is 7.81. The second-order valence-electron chi connectivity index (χ2n) is 4.35. The zero-order valence-electron chi connectivity index (χ0n) is 14.7. The maximum Gasteiger partial charge on any atom is 0.176 e. The Labute approximate surface area is 144 Å². The van der Waals surface area contributed by atoms with Crippen LogP contribution in [0.5, 0.6) is 0 Å². The molecule has 128 valence electrons. The summed E-state index contributed by atoms with van der Waals surface area (Å²) in [6, 6.07) is 7.77. The first kappa shape index (κ1) is 21.0. The second-order valence-corrected chi connectivity index (χ2v) is 4.35. The van der Waals surface area contributed by atoms with E-state index in [1.54, 1.807) is 12.2 Å². The van der Waals surface area contributed by atoms with Crippen molar-refractivity contribution in [2.75, 3.05) is 0 Å². The average Bonchev–Trinajstić information content (AvgIpc) is 3.04. The van der Waals surface area contributed by atoms with Crippen LogP contribution in [0.4, 0.5) is 0 Å². The number of fused-ring (bicyclic) bond motifs is 1. The van der Waals surface area contributed by atoms with Gasteiger partial charge in [-0.05, 0) is 31.2 Å². The molecule has 0 amide bonds. The number of benzene rings is 1. The molecule has 0 unspecified atom stereocenters. The maximum atomic E-state index is 7.66. The number of nitrogens with one attached hydrogen (secondary N) is 1. The Hall–Kier alpha value is -2.95. The summed E-state index contributed by atoms with van der Waals surface area (Å²) in [7, 11) is 0. The lowest BCUT2D eigenvalue weighted by molar-refractivity contribution is 0.862. The Morgan fingerprint density at radius 2 is 1.92 bits per heavy atom. The van der Waals surface area contributed by atoms with Crippen molar-refractivity contribution in [2.45, 2.75) is 27.3 Å². The minimum atomic E-state index is 0.0700. The number of allylic oxidation sites excluding steroid dienone is 4. The summed E-state index contributed by atoms with van der Waals surface area (Å²) in [4.78, 5) is 0. The van der Waals surface area contributed by atoms with Gasteiger partial charge in [0.2, 0.25) is 0 Å². The number of nitrogens with zero attached hydrogens (tertiary/aromatic N) is 3. The summed E-state index contributed by atoms with van der Waals surface area (Å²) in [6.07, 6.45) is 9.43.